The van der Waals surface area contributed by atoms with Crippen molar-refractivity contribution in [1.29, 1.82) is 10.5 Å². The molecule has 39 heavy (non-hydrogen) atoms. The molecule has 2 fully saturated rings. The Kier molecular flexibility index (Phi) is 7.05. The van der Waals surface area contributed by atoms with Crippen LogP contribution in [0.3, 0.4) is 0 Å². The SMILES string of the molecule is CC(C)(F)[C@H](c1cc(F)cc(C#N)c1)C1CN([C@@H](c2ccc(C#N)cc2)c2cccc(N3NCC(=O)O3)c2)C1. The number of rotatable bonds is 7. The maximum Gasteiger partial charge on any atom is 0.349 e. The summed E-state index contributed by atoms with van der Waals surface area (Å²) in [5.74, 6) is -1.68. The fraction of sp³-hybridized carbons (Fsp3) is 0.300. The average molecular weight is 528 g/mol. The lowest BCUT2D eigenvalue weighted by Gasteiger charge is -2.50. The molecule has 0 saturated carbocycles. The number of hydrazine groups is 1. The first-order valence-corrected chi connectivity index (χ1v) is 12.6. The molecule has 9 heteroatoms. The number of nitrogens with zero attached hydrogens (tertiary/aromatic N) is 4. The third-order valence-electron chi connectivity index (χ3n) is 7.26. The van der Waals surface area contributed by atoms with Crippen LogP contribution in [0.2, 0.25) is 0 Å². The van der Waals surface area contributed by atoms with Crippen LogP contribution in [0.1, 0.15) is 53.6 Å². The number of nitriles is 2. The maximum absolute atomic E-state index is 15.6. The van der Waals surface area contributed by atoms with E-state index in [0.717, 1.165) is 17.2 Å². The maximum atomic E-state index is 15.6. The first-order chi connectivity index (χ1) is 18.7. The second-order valence-electron chi connectivity index (χ2n) is 10.5. The van der Waals surface area contributed by atoms with E-state index in [4.69, 9.17) is 4.84 Å². The molecule has 3 aromatic carbocycles. The first kappa shape index (κ1) is 26.3. The van der Waals surface area contributed by atoms with Gasteiger partial charge in [-0.1, -0.05) is 24.3 Å². The summed E-state index contributed by atoms with van der Waals surface area (Å²) in [4.78, 5) is 19.0. The van der Waals surface area contributed by atoms with Gasteiger partial charge in [-0.25, -0.2) is 13.6 Å². The fourth-order valence-electron chi connectivity index (χ4n) is 5.68. The van der Waals surface area contributed by atoms with E-state index in [1.807, 2.05) is 42.5 Å². The molecule has 3 aromatic rings. The summed E-state index contributed by atoms with van der Waals surface area (Å²) >= 11 is 0. The second kappa shape index (κ2) is 10.5. The number of anilines is 1. The van der Waals surface area contributed by atoms with Gasteiger partial charge in [-0.15, -0.1) is 5.17 Å². The van der Waals surface area contributed by atoms with Crippen LogP contribution in [-0.4, -0.2) is 36.2 Å². The van der Waals surface area contributed by atoms with Crippen LogP contribution < -0.4 is 10.6 Å². The molecule has 2 aliphatic heterocycles. The zero-order valence-electron chi connectivity index (χ0n) is 21.6. The number of hydrogen-bond donors (Lipinski definition) is 1. The van der Waals surface area contributed by atoms with Crippen LogP contribution in [0.15, 0.2) is 66.7 Å². The normalized spacial score (nSPS) is 17.6. The van der Waals surface area contributed by atoms with Crippen molar-refractivity contribution in [1.82, 2.24) is 10.3 Å². The Morgan fingerprint density at radius 1 is 0.974 bits per heavy atom. The van der Waals surface area contributed by atoms with Gasteiger partial charge in [0.05, 0.1) is 35.0 Å². The Balaban J connectivity index is 1.47. The van der Waals surface area contributed by atoms with E-state index in [9.17, 15) is 19.7 Å². The van der Waals surface area contributed by atoms with Crippen molar-refractivity contribution in [2.75, 3.05) is 24.8 Å². The van der Waals surface area contributed by atoms with E-state index < -0.39 is 17.4 Å². The Morgan fingerprint density at radius 2 is 1.69 bits per heavy atom. The zero-order valence-corrected chi connectivity index (χ0v) is 21.6. The van der Waals surface area contributed by atoms with Gasteiger partial charge in [0.15, 0.2) is 0 Å². The molecule has 2 saturated heterocycles. The summed E-state index contributed by atoms with van der Waals surface area (Å²) in [6.45, 7) is 4.11. The lowest BCUT2D eigenvalue weighted by Crippen LogP contribution is -2.53. The van der Waals surface area contributed by atoms with E-state index >= 15 is 4.39 Å². The number of halogens is 2. The summed E-state index contributed by atoms with van der Waals surface area (Å²) in [6.07, 6.45) is 0. The van der Waals surface area contributed by atoms with Gasteiger partial charge in [0.25, 0.3) is 0 Å². The number of carbonyl (C=O) groups is 1. The van der Waals surface area contributed by atoms with Crippen LogP contribution in [0.4, 0.5) is 14.5 Å². The van der Waals surface area contributed by atoms with Crippen molar-refractivity contribution in [3.8, 4) is 12.1 Å². The summed E-state index contributed by atoms with van der Waals surface area (Å²) in [5.41, 5.74) is 4.95. The highest BCUT2D eigenvalue weighted by Gasteiger charge is 2.45. The van der Waals surface area contributed by atoms with E-state index in [0.29, 0.717) is 29.9 Å². The molecule has 0 aliphatic carbocycles. The molecule has 0 spiro atoms. The molecule has 2 atom stereocenters. The third kappa shape index (κ3) is 5.46. The molecule has 0 amide bonds. The number of benzene rings is 3. The van der Waals surface area contributed by atoms with Crippen molar-refractivity contribution in [3.63, 3.8) is 0 Å². The van der Waals surface area contributed by atoms with Crippen molar-refractivity contribution in [2.24, 2.45) is 5.92 Å². The van der Waals surface area contributed by atoms with Gasteiger partial charge in [-0.3, -0.25) is 4.90 Å². The lowest BCUT2D eigenvalue weighted by atomic mass is 9.72. The number of nitrogens with one attached hydrogen (secondary N) is 1. The molecule has 198 valence electrons. The molecule has 0 radical (unpaired) electrons. The molecular formula is C30H27F2N5O2. The molecule has 2 heterocycles. The van der Waals surface area contributed by atoms with E-state index in [1.165, 1.54) is 25.1 Å². The highest BCUT2D eigenvalue weighted by Crippen LogP contribution is 2.46. The van der Waals surface area contributed by atoms with E-state index in [-0.39, 0.29) is 30.0 Å². The minimum Gasteiger partial charge on any atom is -0.324 e. The van der Waals surface area contributed by atoms with Crippen LogP contribution in [0.5, 0.6) is 0 Å². The number of hydrogen-bond acceptors (Lipinski definition) is 7. The summed E-state index contributed by atoms with van der Waals surface area (Å²) in [6, 6.07) is 22.8. The van der Waals surface area contributed by atoms with Gasteiger partial charge in [-0.2, -0.15) is 15.9 Å². The third-order valence-corrected chi connectivity index (χ3v) is 7.26. The van der Waals surface area contributed by atoms with Crippen LogP contribution in [-0.2, 0) is 9.63 Å². The standard InChI is InChI=1S/C30H27F2N5O2/c1-30(2,32)28(23-10-20(15-34)11-25(31)12-23)24-17-36(18-24)29(21-8-6-19(14-33)7-9-21)22-4-3-5-26(13-22)37-35-16-27(38)39-37/h3-13,24,28-29,35H,16-18H2,1-2H3/t28-,29+/m1/s1. The highest BCUT2D eigenvalue weighted by atomic mass is 19.1. The second-order valence-corrected chi connectivity index (χ2v) is 10.5. The van der Waals surface area contributed by atoms with Crippen molar-refractivity contribution < 1.29 is 18.4 Å². The Morgan fingerprint density at radius 3 is 2.31 bits per heavy atom. The summed E-state index contributed by atoms with van der Waals surface area (Å²) < 4.78 is 29.9. The van der Waals surface area contributed by atoms with E-state index in [2.05, 4.69) is 16.4 Å². The van der Waals surface area contributed by atoms with Gasteiger partial charge in [0.2, 0.25) is 0 Å². The zero-order chi connectivity index (χ0) is 27.7. The Bertz CT molecular complexity index is 1470. The van der Waals surface area contributed by atoms with Gasteiger partial charge >= 0.3 is 5.97 Å². The fourth-order valence-corrected chi connectivity index (χ4v) is 5.68. The minimum absolute atomic E-state index is 0.0745. The van der Waals surface area contributed by atoms with Crippen LogP contribution >= 0.6 is 0 Å². The predicted molar refractivity (Wildman–Crippen MR) is 140 cm³/mol. The molecule has 5 rings (SSSR count). The summed E-state index contributed by atoms with van der Waals surface area (Å²) in [5, 5.41) is 19.9. The topological polar surface area (TPSA) is 92.4 Å². The number of carbonyl (C=O) groups excluding carboxylic acids is 1. The van der Waals surface area contributed by atoms with Gasteiger partial charge in [-0.05, 0) is 78.9 Å². The van der Waals surface area contributed by atoms with Crippen molar-refractivity contribution in [3.05, 3.63) is 100 Å². The molecule has 0 unspecified atom stereocenters. The van der Waals surface area contributed by atoms with Gasteiger partial charge in [0, 0.05) is 19.0 Å². The van der Waals surface area contributed by atoms with E-state index in [1.54, 1.807) is 18.2 Å². The van der Waals surface area contributed by atoms with Crippen LogP contribution in [0, 0.1) is 34.4 Å². The first-order valence-electron chi connectivity index (χ1n) is 12.6. The smallest absolute Gasteiger partial charge is 0.324 e. The number of likely N-dealkylation sites (tertiary alicyclic amines) is 1. The molecular weight excluding hydrogens is 500 g/mol. The Labute approximate surface area is 225 Å². The Hall–Kier alpha value is -4.31. The van der Waals surface area contributed by atoms with Gasteiger partial charge < -0.3 is 4.84 Å². The van der Waals surface area contributed by atoms with Gasteiger partial charge in [0.1, 0.15) is 18.0 Å². The molecule has 0 aromatic heterocycles. The quantitative estimate of drug-likeness (QED) is 0.467. The van der Waals surface area contributed by atoms with Crippen molar-refractivity contribution in [2.45, 2.75) is 31.5 Å². The molecule has 2 aliphatic rings. The molecule has 1 N–H and O–H groups in total. The minimum atomic E-state index is -1.65. The summed E-state index contributed by atoms with van der Waals surface area (Å²) in [7, 11) is 0. The highest BCUT2D eigenvalue weighted by molar-refractivity contribution is 5.75. The van der Waals surface area contributed by atoms with Crippen molar-refractivity contribution >= 4 is 11.7 Å². The average Bonchev–Trinajstić information content (AvgIpc) is 3.33. The van der Waals surface area contributed by atoms with Crippen LogP contribution in [0.25, 0.3) is 0 Å². The molecule has 0 bridgehead atoms. The largest absolute Gasteiger partial charge is 0.349 e. The number of alkyl halides is 1. The predicted octanol–water partition coefficient (Wildman–Crippen LogP) is 4.90. The molecule has 7 nitrogen and oxygen atoms in total. The monoisotopic (exact) mass is 527 g/mol. The lowest BCUT2D eigenvalue weighted by molar-refractivity contribution is -0.138.